The number of hydrogen-bond acceptors (Lipinski definition) is 4. The van der Waals surface area contributed by atoms with E-state index in [0.29, 0.717) is 40.1 Å². The van der Waals surface area contributed by atoms with E-state index in [1.165, 1.54) is 0 Å². The zero-order chi connectivity index (χ0) is 20.0. The fourth-order valence-corrected chi connectivity index (χ4v) is 3.85. The summed E-state index contributed by atoms with van der Waals surface area (Å²) in [6, 6.07) is 9.48. The summed E-state index contributed by atoms with van der Waals surface area (Å²) in [6.45, 7) is 3.84. The number of nitrogens with one attached hydrogen (secondary N) is 2. The maximum Gasteiger partial charge on any atom is 0.258 e. The summed E-state index contributed by atoms with van der Waals surface area (Å²) in [4.78, 5) is 25.5. The van der Waals surface area contributed by atoms with E-state index in [0.717, 1.165) is 5.56 Å². The molecule has 4 rings (SSSR count). The van der Waals surface area contributed by atoms with Gasteiger partial charge in [-0.05, 0) is 54.7 Å². The van der Waals surface area contributed by atoms with Crippen LogP contribution in [-0.2, 0) is 9.59 Å². The Labute approximate surface area is 162 Å². The lowest BCUT2D eigenvalue weighted by atomic mass is 9.89. The molecule has 0 radical (unpaired) electrons. The first-order valence-corrected chi connectivity index (χ1v) is 8.88. The molecule has 1 aromatic rings. The van der Waals surface area contributed by atoms with E-state index in [9.17, 15) is 20.1 Å². The van der Waals surface area contributed by atoms with Crippen molar-refractivity contribution in [2.24, 2.45) is 5.92 Å². The first kappa shape index (κ1) is 17.5. The van der Waals surface area contributed by atoms with E-state index in [1.807, 2.05) is 26.0 Å². The van der Waals surface area contributed by atoms with Crippen molar-refractivity contribution in [2.75, 3.05) is 0 Å². The van der Waals surface area contributed by atoms with Crippen LogP contribution in [0.15, 0.2) is 58.3 Å². The number of nitrogens with zero attached hydrogens (tertiary/aromatic N) is 2. The molecule has 6 heteroatoms. The molecule has 1 unspecified atom stereocenters. The Morgan fingerprint density at radius 3 is 2.36 bits per heavy atom. The van der Waals surface area contributed by atoms with Gasteiger partial charge in [-0.2, -0.15) is 10.5 Å². The van der Waals surface area contributed by atoms with Crippen LogP contribution in [0.2, 0.25) is 0 Å². The Morgan fingerprint density at radius 2 is 1.68 bits per heavy atom. The third kappa shape index (κ3) is 2.72. The van der Waals surface area contributed by atoms with Crippen LogP contribution in [-0.4, -0.2) is 11.8 Å². The van der Waals surface area contributed by atoms with Gasteiger partial charge in [0.1, 0.15) is 0 Å². The van der Waals surface area contributed by atoms with Crippen molar-refractivity contribution in [3.05, 3.63) is 75.0 Å². The molecule has 2 amide bonds. The molecule has 0 fully saturated rings. The number of aryl methyl sites for hydroxylation is 1. The van der Waals surface area contributed by atoms with E-state index in [4.69, 9.17) is 0 Å². The lowest BCUT2D eigenvalue weighted by Crippen LogP contribution is -2.23. The van der Waals surface area contributed by atoms with Gasteiger partial charge in [0, 0.05) is 11.1 Å². The number of hydrogen-bond donors (Lipinski definition) is 2. The van der Waals surface area contributed by atoms with Gasteiger partial charge < -0.3 is 10.6 Å². The molecule has 0 aromatic heterocycles. The Kier molecular flexibility index (Phi) is 3.98. The highest BCUT2D eigenvalue weighted by atomic mass is 16.2. The number of fused-ring (bicyclic) bond motifs is 1. The predicted molar refractivity (Wildman–Crippen MR) is 102 cm³/mol. The van der Waals surface area contributed by atoms with Crippen LogP contribution in [0.1, 0.15) is 30.0 Å². The first-order valence-electron chi connectivity index (χ1n) is 8.88. The average molecular weight is 368 g/mol. The molecule has 1 aliphatic carbocycles. The van der Waals surface area contributed by atoms with Gasteiger partial charge in [-0.1, -0.05) is 13.0 Å². The molecule has 0 saturated heterocycles. The number of carbonyl (C=O) groups excluding carboxylic acids is 2. The molecule has 0 bridgehead atoms. The zero-order valence-electron chi connectivity index (χ0n) is 15.4. The molecule has 3 aliphatic rings. The molecule has 0 saturated carbocycles. The molecule has 2 N–H and O–H groups in total. The molecular formula is C22H16N4O2. The smallest absolute Gasteiger partial charge is 0.258 e. The van der Waals surface area contributed by atoms with Gasteiger partial charge in [0.25, 0.3) is 11.8 Å². The van der Waals surface area contributed by atoms with Crippen molar-refractivity contribution in [3.63, 3.8) is 0 Å². The van der Waals surface area contributed by atoms with Crippen molar-refractivity contribution in [1.29, 1.82) is 10.5 Å². The maximum absolute atomic E-state index is 12.7. The lowest BCUT2D eigenvalue weighted by molar-refractivity contribution is -0.117. The van der Waals surface area contributed by atoms with E-state index >= 15 is 0 Å². The van der Waals surface area contributed by atoms with Gasteiger partial charge in [-0.3, -0.25) is 9.59 Å². The third-order valence-corrected chi connectivity index (χ3v) is 4.94. The Bertz CT molecular complexity index is 1170. The van der Waals surface area contributed by atoms with Gasteiger partial charge in [-0.15, -0.1) is 0 Å². The predicted octanol–water partition coefficient (Wildman–Crippen LogP) is 2.51. The summed E-state index contributed by atoms with van der Waals surface area (Å²) in [5.41, 5.74) is 4.62. The number of allylic oxidation sites excluding steroid dienone is 3. The normalized spacial score (nSPS) is 20.8. The van der Waals surface area contributed by atoms with E-state index in [-0.39, 0.29) is 28.9 Å². The van der Waals surface area contributed by atoms with E-state index in [2.05, 4.69) is 22.8 Å². The number of rotatable bonds is 2. The topological polar surface area (TPSA) is 106 Å². The molecule has 6 nitrogen and oxygen atoms in total. The minimum absolute atomic E-state index is 0.131. The summed E-state index contributed by atoms with van der Waals surface area (Å²) in [5.74, 6) is -0.611. The van der Waals surface area contributed by atoms with Crippen LogP contribution < -0.4 is 10.6 Å². The second kappa shape index (κ2) is 6.37. The Balaban J connectivity index is 1.89. The molecule has 2 aliphatic heterocycles. The minimum Gasteiger partial charge on any atom is -0.321 e. The summed E-state index contributed by atoms with van der Waals surface area (Å²) in [7, 11) is 0. The number of carbonyl (C=O) groups is 2. The molecule has 0 spiro atoms. The number of amides is 2. The average Bonchev–Trinajstić information content (AvgIpc) is 3.19. The third-order valence-electron chi connectivity index (χ3n) is 4.94. The van der Waals surface area contributed by atoms with Crippen LogP contribution in [0.3, 0.4) is 0 Å². The molecule has 1 atom stereocenters. The summed E-state index contributed by atoms with van der Waals surface area (Å²) in [5, 5.41) is 24.1. The summed E-state index contributed by atoms with van der Waals surface area (Å²) in [6.07, 6.45) is 4.31. The van der Waals surface area contributed by atoms with Crippen LogP contribution in [0.5, 0.6) is 0 Å². The van der Waals surface area contributed by atoms with Crippen LogP contribution in [0, 0.1) is 35.5 Å². The molecule has 136 valence electrons. The monoisotopic (exact) mass is 368 g/mol. The van der Waals surface area contributed by atoms with Crippen molar-refractivity contribution >= 4 is 17.5 Å². The number of benzene rings is 1. The second-order valence-electron chi connectivity index (χ2n) is 7.19. The highest BCUT2D eigenvalue weighted by Crippen LogP contribution is 2.38. The second-order valence-corrected chi connectivity index (χ2v) is 7.19. The highest BCUT2D eigenvalue weighted by Gasteiger charge is 2.41. The van der Waals surface area contributed by atoms with E-state index in [1.54, 1.807) is 18.2 Å². The fraction of sp³-hybridized carbons (Fsp3) is 0.182. The minimum atomic E-state index is -0.371. The first-order chi connectivity index (χ1) is 13.4. The van der Waals surface area contributed by atoms with Crippen LogP contribution >= 0.6 is 0 Å². The molecule has 2 heterocycles. The van der Waals surface area contributed by atoms with E-state index < -0.39 is 0 Å². The van der Waals surface area contributed by atoms with Crippen molar-refractivity contribution in [3.8, 4) is 12.1 Å². The van der Waals surface area contributed by atoms with Gasteiger partial charge in [-0.25, -0.2) is 0 Å². The highest BCUT2D eigenvalue weighted by molar-refractivity contribution is 6.26. The quantitative estimate of drug-likeness (QED) is 0.836. The Morgan fingerprint density at radius 1 is 1.00 bits per heavy atom. The summed E-state index contributed by atoms with van der Waals surface area (Å²) >= 11 is 0. The largest absolute Gasteiger partial charge is 0.321 e. The maximum atomic E-state index is 12.7. The van der Waals surface area contributed by atoms with Gasteiger partial charge in [0.2, 0.25) is 0 Å². The lowest BCUT2D eigenvalue weighted by Gasteiger charge is -2.16. The molecular weight excluding hydrogens is 352 g/mol. The number of nitriles is 2. The van der Waals surface area contributed by atoms with Crippen LogP contribution in [0.4, 0.5) is 0 Å². The fourth-order valence-electron chi connectivity index (χ4n) is 3.85. The molecule has 1 aromatic carbocycles. The van der Waals surface area contributed by atoms with Crippen molar-refractivity contribution in [2.45, 2.75) is 20.3 Å². The molecule has 28 heavy (non-hydrogen) atoms. The Hall–Kier alpha value is -3.90. The van der Waals surface area contributed by atoms with Gasteiger partial charge >= 0.3 is 0 Å². The van der Waals surface area contributed by atoms with Gasteiger partial charge in [0.05, 0.1) is 40.2 Å². The summed E-state index contributed by atoms with van der Waals surface area (Å²) < 4.78 is 0. The standard InChI is InChI=1S/C22H16N4O2/c1-11-3-13(9-23)7-15(5-11)19-17-18(22(28)25-19)20(26-21(17)27)16-6-12(2)4-14(8-16)10-24/h3,5-8,12H,4H2,1-2H3,(H,25,28)(H,26,27). The van der Waals surface area contributed by atoms with Crippen LogP contribution in [0.25, 0.3) is 5.70 Å². The van der Waals surface area contributed by atoms with Crippen molar-refractivity contribution < 1.29 is 9.59 Å². The van der Waals surface area contributed by atoms with Gasteiger partial charge in [0.15, 0.2) is 0 Å². The van der Waals surface area contributed by atoms with Crippen molar-refractivity contribution in [1.82, 2.24) is 10.6 Å². The SMILES string of the molecule is Cc1cc(C#N)cc(C2=C3C(=O)NC(C4=CC(C)CC(C#N)=C4)=C3C(=O)N2)c1. The zero-order valence-corrected chi connectivity index (χ0v) is 15.4.